The zero-order valence-corrected chi connectivity index (χ0v) is 15.5. The molecule has 0 spiro atoms. The van der Waals surface area contributed by atoms with Crippen LogP contribution in [0.2, 0.25) is 0 Å². The van der Waals surface area contributed by atoms with Crippen LogP contribution in [0.4, 0.5) is 5.69 Å². The highest BCUT2D eigenvalue weighted by Crippen LogP contribution is 2.20. The van der Waals surface area contributed by atoms with Crippen LogP contribution in [0.3, 0.4) is 0 Å². The molecule has 7 heteroatoms. The number of nitrogens with zero attached hydrogens (tertiary/aromatic N) is 2. The Hall–Kier alpha value is -2.67. The van der Waals surface area contributed by atoms with E-state index in [0.29, 0.717) is 16.4 Å². The zero-order chi connectivity index (χ0) is 18.1. The highest BCUT2D eigenvalue weighted by atomic mass is 32.1. The third-order valence-electron chi connectivity index (χ3n) is 4.07. The fourth-order valence-corrected chi connectivity index (χ4v) is 3.48. The molecule has 2 heterocycles. The molecule has 6 nitrogen and oxygen atoms in total. The molecule has 2 N–H and O–H groups in total. The van der Waals surface area contributed by atoms with Crippen molar-refractivity contribution < 1.29 is 4.79 Å². The zero-order valence-electron chi connectivity index (χ0n) is 14.6. The average molecular weight is 356 g/mol. The molecule has 130 valence electrons. The highest BCUT2D eigenvalue weighted by Gasteiger charge is 2.18. The molecule has 3 aromatic rings. The monoisotopic (exact) mass is 356 g/mol. The highest BCUT2D eigenvalue weighted by molar-refractivity contribution is 7.12. The molecule has 25 heavy (non-hydrogen) atoms. The molecule has 0 bridgehead atoms. The SMILES string of the molecule is Cc1csc(-n2[nH]c(C)c(CC(=O)Nc3c(C)cccc3C)c2=O)n1. The van der Waals surface area contributed by atoms with Gasteiger partial charge in [0.05, 0.1) is 12.1 Å². The predicted octanol–water partition coefficient (Wildman–Crippen LogP) is 3.04. The van der Waals surface area contributed by atoms with Crippen molar-refractivity contribution in [1.82, 2.24) is 14.8 Å². The number of carbonyl (C=O) groups excluding carboxylic acids is 1. The van der Waals surface area contributed by atoms with E-state index in [1.54, 1.807) is 6.92 Å². The van der Waals surface area contributed by atoms with Crippen molar-refractivity contribution in [3.63, 3.8) is 0 Å². The summed E-state index contributed by atoms with van der Waals surface area (Å²) in [6.07, 6.45) is 0.0201. The Bertz CT molecular complexity index is 977. The number of rotatable bonds is 4. The lowest BCUT2D eigenvalue weighted by atomic mass is 10.1. The van der Waals surface area contributed by atoms with Gasteiger partial charge >= 0.3 is 0 Å². The molecule has 0 atom stereocenters. The van der Waals surface area contributed by atoms with Crippen LogP contribution in [0.15, 0.2) is 28.4 Å². The quantitative estimate of drug-likeness (QED) is 0.754. The summed E-state index contributed by atoms with van der Waals surface area (Å²) < 4.78 is 1.40. The van der Waals surface area contributed by atoms with Crippen LogP contribution in [0.1, 0.15) is 28.1 Å². The van der Waals surface area contributed by atoms with Crippen molar-refractivity contribution in [2.45, 2.75) is 34.1 Å². The Morgan fingerprint density at radius 1 is 1.24 bits per heavy atom. The van der Waals surface area contributed by atoms with E-state index >= 15 is 0 Å². The van der Waals surface area contributed by atoms with Gasteiger partial charge in [0, 0.05) is 22.3 Å². The van der Waals surface area contributed by atoms with Gasteiger partial charge in [0.25, 0.3) is 5.56 Å². The molecule has 1 aromatic carbocycles. The lowest BCUT2D eigenvalue weighted by Gasteiger charge is -2.11. The fraction of sp³-hybridized carbons (Fsp3) is 0.278. The predicted molar refractivity (Wildman–Crippen MR) is 99.8 cm³/mol. The maximum Gasteiger partial charge on any atom is 0.277 e. The minimum absolute atomic E-state index is 0.0201. The molecule has 3 rings (SSSR count). The molecule has 0 fully saturated rings. The number of aromatic nitrogens is 3. The number of carbonyl (C=O) groups is 1. The molecule has 0 aliphatic heterocycles. The number of H-pyrrole nitrogens is 1. The van der Waals surface area contributed by atoms with Gasteiger partial charge in [0.1, 0.15) is 0 Å². The Balaban J connectivity index is 1.85. The van der Waals surface area contributed by atoms with Crippen molar-refractivity contribution in [2.24, 2.45) is 0 Å². The summed E-state index contributed by atoms with van der Waals surface area (Å²) in [5, 5.41) is 8.38. The Morgan fingerprint density at radius 3 is 2.52 bits per heavy atom. The molecular formula is C18H20N4O2S. The van der Waals surface area contributed by atoms with Gasteiger partial charge in [-0.2, -0.15) is 4.68 Å². The minimum atomic E-state index is -0.233. The number of hydrogen-bond acceptors (Lipinski definition) is 4. The molecule has 0 saturated heterocycles. The second kappa shape index (κ2) is 6.68. The first-order valence-corrected chi connectivity index (χ1v) is 8.84. The van der Waals surface area contributed by atoms with E-state index in [9.17, 15) is 9.59 Å². The minimum Gasteiger partial charge on any atom is -0.325 e. The summed E-state index contributed by atoms with van der Waals surface area (Å²) in [7, 11) is 0. The van der Waals surface area contributed by atoms with Gasteiger partial charge < -0.3 is 5.32 Å². The largest absolute Gasteiger partial charge is 0.325 e. The maximum absolute atomic E-state index is 12.6. The maximum atomic E-state index is 12.6. The number of aryl methyl sites for hydroxylation is 4. The molecule has 0 unspecified atom stereocenters. The van der Waals surface area contributed by atoms with Gasteiger partial charge in [-0.1, -0.05) is 18.2 Å². The molecular weight excluding hydrogens is 336 g/mol. The topological polar surface area (TPSA) is 79.8 Å². The normalized spacial score (nSPS) is 10.9. The third-order valence-corrected chi connectivity index (χ3v) is 5.02. The van der Waals surface area contributed by atoms with Crippen molar-refractivity contribution in [1.29, 1.82) is 0 Å². The first-order chi connectivity index (χ1) is 11.9. The molecule has 1 amide bonds. The summed E-state index contributed by atoms with van der Waals surface area (Å²) in [4.78, 5) is 29.4. The van der Waals surface area contributed by atoms with Crippen LogP contribution in [0.5, 0.6) is 0 Å². The van der Waals surface area contributed by atoms with E-state index in [2.05, 4.69) is 15.4 Å². The van der Waals surface area contributed by atoms with E-state index in [1.807, 2.05) is 44.4 Å². The van der Waals surface area contributed by atoms with Crippen molar-refractivity contribution in [3.05, 3.63) is 62.0 Å². The van der Waals surface area contributed by atoms with Crippen molar-refractivity contribution >= 4 is 22.9 Å². The number of aromatic amines is 1. The molecule has 0 aliphatic rings. The third kappa shape index (κ3) is 3.41. The Labute approximate surface area is 149 Å². The van der Waals surface area contributed by atoms with E-state index < -0.39 is 0 Å². The average Bonchev–Trinajstić information content (AvgIpc) is 3.09. The number of hydrogen-bond donors (Lipinski definition) is 2. The van der Waals surface area contributed by atoms with E-state index in [0.717, 1.165) is 22.5 Å². The fourth-order valence-electron chi connectivity index (χ4n) is 2.72. The molecule has 0 radical (unpaired) electrons. The summed E-state index contributed by atoms with van der Waals surface area (Å²) in [6.45, 7) is 7.56. The number of thiazole rings is 1. The van der Waals surface area contributed by atoms with E-state index in [1.165, 1.54) is 16.0 Å². The lowest BCUT2D eigenvalue weighted by Crippen LogP contribution is -2.22. The van der Waals surface area contributed by atoms with Gasteiger partial charge in [-0.05, 0) is 38.8 Å². The molecule has 0 aliphatic carbocycles. The first-order valence-electron chi connectivity index (χ1n) is 7.96. The number of anilines is 1. The summed E-state index contributed by atoms with van der Waals surface area (Å²) in [5.41, 5.74) is 4.55. The lowest BCUT2D eigenvalue weighted by molar-refractivity contribution is -0.115. The number of nitrogens with one attached hydrogen (secondary N) is 2. The number of amides is 1. The van der Waals surface area contributed by atoms with Gasteiger partial charge in [-0.25, -0.2) is 4.98 Å². The van der Waals surface area contributed by atoms with E-state index in [4.69, 9.17) is 0 Å². The van der Waals surface area contributed by atoms with Crippen LogP contribution in [-0.2, 0) is 11.2 Å². The molecule has 0 saturated carbocycles. The van der Waals surface area contributed by atoms with Gasteiger partial charge in [0.2, 0.25) is 11.0 Å². The van der Waals surface area contributed by atoms with Crippen LogP contribution in [-0.4, -0.2) is 20.7 Å². The molecule has 2 aromatic heterocycles. The van der Waals surface area contributed by atoms with Crippen molar-refractivity contribution in [3.8, 4) is 5.13 Å². The Morgan fingerprint density at radius 2 is 1.92 bits per heavy atom. The second-order valence-electron chi connectivity index (χ2n) is 6.12. The summed E-state index contributed by atoms with van der Waals surface area (Å²) >= 11 is 1.38. The Kier molecular flexibility index (Phi) is 4.59. The smallest absolute Gasteiger partial charge is 0.277 e. The number of para-hydroxylation sites is 1. The van der Waals surface area contributed by atoms with Crippen LogP contribution in [0.25, 0.3) is 5.13 Å². The van der Waals surface area contributed by atoms with Gasteiger partial charge in [0.15, 0.2) is 0 Å². The van der Waals surface area contributed by atoms with Crippen LogP contribution < -0.4 is 10.9 Å². The van der Waals surface area contributed by atoms with Gasteiger partial charge in [-0.3, -0.25) is 14.7 Å². The number of benzene rings is 1. The summed E-state index contributed by atoms with van der Waals surface area (Å²) in [6, 6.07) is 5.84. The standard InChI is InChI=1S/C18H20N4O2S/c1-10-6-5-7-11(2)16(10)20-15(23)8-14-13(4)21-22(17(14)24)18-19-12(3)9-25-18/h5-7,9,21H,8H2,1-4H3,(H,20,23). The second-order valence-corrected chi connectivity index (χ2v) is 6.96. The first kappa shape index (κ1) is 17.2. The van der Waals surface area contributed by atoms with Crippen molar-refractivity contribution in [2.75, 3.05) is 5.32 Å². The van der Waals surface area contributed by atoms with Gasteiger partial charge in [-0.15, -0.1) is 11.3 Å². The van der Waals surface area contributed by atoms with Crippen LogP contribution >= 0.6 is 11.3 Å². The van der Waals surface area contributed by atoms with E-state index in [-0.39, 0.29) is 17.9 Å². The summed E-state index contributed by atoms with van der Waals surface area (Å²) in [5.74, 6) is -0.209. The van der Waals surface area contributed by atoms with Crippen LogP contribution in [0, 0.1) is 27.7 Å².